The van der Waals surface area contributed by atoms with Gasteiger partial charge in [-0.15, -0.1) is 0 Å². The molecular formula is C14H19N3OS. The van der Waals surface area contributed by atoms with Gasteiger partial charge >= 0.3 is 0 Å². The van der Waals surface area contributed by atoms with E-state index in [-0.39, 0.29) is 0 Å². The topological polar surface area (TPSA) is 64.9 Å². The molecule has 1 heterocycles. The van der Waals surface area contributed by atoms with Crippen LogP contribution in [0.1, 0.15) is 18.4 Å². The summed E-state index contributed by atoms with van der Waals surface area (Å²) in [6.07, 6.45) is 0. The number of rotatable bonds is 6. The molecule has 0 aliphatic heterocycles. The smallest absolute Gasteiger partial charge is 0.236 e. The third kappa shape index (κ3) is 3.81. The molecule has 1 aromatic carbocycles. The van der Waals surface area contributed by atoms with Crippen molar-refractivity contribution in [2.24, 2.45) is 11.7 Å². The van der Waals surface area contributed by atoms with Gasteiger partial charge in [0.15, 0.2) is 0 Å². The summed E-state index contributed by atoms with van der Waals surface area (Å²) >= 11 is 1.78. The predicted molar refractivity (Wildman–Crippen MR) is 78.9 cm³/mol. The standard InChI is InChI=1S/C14H19N3OS/c1-10(7-15)8-19-9-13-16-14(17-18-13)12-6-4-3-5-11(12)2/h3-6,10H,7-9,15H2,1-2H3. The summed E-state index contributed by atoms with van der Waals surface area (Å²) in [5, 5.41) is 4.04. The van der Waals surface area contributed by atoms with Crippen molar-refractivity contribution in [2.75, 3.05) is 12.3 Å². The normalized spacial score (nSPS) is 12.6. The van der Waals surface area contributed by atoms with E-state index in [1.807, 2.05) is 31.2 Å². The summed E-state index contributed by atoms with van der Waals surface area (Å²) in [6.45, 7) is 4.90. The first-order chi connectivity index (χ1) is 9.20. The minimum absolute atomic E-state index is 0.517. The third-order valence-corrected chi connectivity index (χ3v) is 4.14. The first-order valence-corrected chi connectivity index (χ1v) is 7.52. The number of aromatic nitrogens is 2. The fraction of sp³-hybridized carbons (Fsp3) is 0.429. The van der Waals surface area contributed by atoms with Crippen molar-refractivity contribution in [2.45, 2.75) is 19.6 Å². The second-order valence-corrected chi connectivity index (χ2v) is 5.71. The zero-order valence-electron chi connectivity index (χ0n) is 11.3. The van der Waals surface area contributed by atoms with Gasteiger partial charge in [0.2, 0.25) is 11.7 Å². The van der Waals surface area contributed by atoms with E-state index in [0.717, 1.165) is 22.6 Å². The van der Waals surface area contributed by atoms with Gasteiger partial charge in [0.1, 0.15) is 0 Å². The summed E-state index contributed by atoms with van der Waals surface area (Å²) in [5.41, 5.74) is 7.76. The Kier molecular flexibility index (Phi) is 4.99. The molecule has 0 aliphatic carbocycles. The van der Waals surface area contributed by atoms with Crippen molar-refractivity contribution in [1.82, 2.24) is 10.1 Å². The van der Waals surface area contributed by atoms with Crippen molar-refractivity contribution in [3.63, 3.8) is 0 Å². The highest BCUT2D eigenvalue weighted by molar-refractivity contribution is 7.98. The molecule has 0 aliphatic rings. The quantitative estimate of drug-likeness (QED) is 0.879. The van der Waals surface area contributed by atoms with Crippen LogP contribution >= 0.6 is 11.8 Å². The Hall–Kier alpha value is -1.33. The maximum absolute atomic E-state index is 5.58. The van der Waals surface area contributed by atoms with Gasteiger partial charge in [0, 0.05) is 5.56 Å². The van der Waals surface area contributed by atoms with Gasteiger partial charge in [0.05, 0.1) is 5.75 Å². The molecule has 0 fully saturated rings. The Balaban J connectivity index is 1.98. The van der Waals surface area contributed by atoms with E-state index in [1.165, 1.54) is 0 Å². The van der Waals surface area contributed by atoms with Gasteiger partial charge in [-0.1, -0.05) is 36.3 Å². The van der Waals surface area contributed by atoms with E-state index in [4.69, 9.17) is 10.3 Å². The Morgan fingerprint density at radius 2 is 2.16 bits per heavy atom. The lowest BCUT2D eigenvalue weighted by Gasteiger charge is -2.05. The van der Waals surface area contributed by atoms with Crippen molar-refractivity contribution >= 4 is 11.8 Å². The largest absolute Gasteiger partial charge is 0.338 e. The molecule has 0 saturated carbocycles. The fourth-order valence-corrected chi connectivity index (χ4v) is 2.61. The van der Waals surface area contributed by atoms with E-state index < -0.39 is 0 Å². The van der Waals surface area contributed by atoms with E-state index in [1.54, 1.807) is 11.8 Å². The summed E-state index contributed by atoms with van der Waals surface area (Å²) in [5.74, 6) is 3.61. The van der Waals surface area contributed by atoms with Crippen LogP contribution in [0.5, 0.6) is 0 Å². The molecule has 0 saturated heterocycles. The summed E-state index contributed by atoms with van der Waals surface area (Å²) in [6, 6.07) is 8.04. The highest BCUT2D eigenvalue weighted by Gasteiger charge is 2.10. The average molecular weight is 277 g/mol. The first kappa shape index (κ1) is 14.1. The highest BCUT2D eigenvalue weighted by Crippen LogP contribution is 2.21. The first-order valence-electron chi connectivity index (χ1n) is 6.37. The molecule has 5 heteroatoms. The van der Waals surface area contributed by atoms with Crippen LogP contribution in [0.3, 0.4) is 0 Å². The van der Waals surface area contributed by atoms with Gasteiger partial charge in [0.25, 0.3) is 0 Å². The molecular weight excluding hydrogens is 258 g/mol. The van der Waals surface area contributed by atoms with Gasteiger partial charge in [-0.3, -0.25) is 0 Å². The van der Waals surface area contributed by atoms with Crippen LogP contribution in [-0.2, 0) is 5.75 Å². The number of nitrogens with zero attached hydrogens (tertiary/aromatic N) is 2. The molecule has 1 aromatic heterocycles. The van der Waals surface area contributed by atoms with Crippen LogP contribution in [0, 0.1) is 12.8 Å². The van der Waals surface area contributed by atoms with Crippen molar-refractivity contribution in [3.8, 4) is 11.4 Å². The molecule has 1 atom stereocenters. The average Bonchev–Trinajstić information content (AvgIpc) is 2.87. The number of thioether (sulfide) groups is 1. The molecule has 0 spiro atoms. The van der Waals surface area contributed by atoms with Crippen LogP contribution in [0.15, 0.2) is 28.8 Å². The molecule has 1 unspecified atom stereocenters. The Labute approximate surface area is 117 Å². The molecule has 4 nitrogen and oxygen atoms in total. The lowest BCUT2D eigenvalue weighted by molar-refractivity contribution is 0.391. The minimum Gasteiger partial charge on any atom is -0.338 e. The maximum Gasteiger partial charge on any atom is 0.236 e. The summed E-state index contributed by atoms with van der Waals surface area (Å²) in [7, 11) is 0. The van der Waals surface area contributed by atoms with Crippen LogP contribution in [0.25, 0.3) is 11.4 Å². The van der Waals surface area contributed by atoms with Crippen molar-refractivity contribution < 1.29 is 4.52 Å². The Bertz CT molecular complexity index is 527. The Morgan fingerprint density at radius 3 is 2.89 bits per heavy atom. The van der Waals surface area contributed by atoms with Crippen molar-refractivity contribution in [3.05, 3.63) is 35.7 Å². The van der Waals surface area contributed by atoms with E-state index >= 15 is 0 Å². The molecule has 0 radical (unpaired) electrons. The lowest BCUT2D eigenvalue weighted by atomic mass is 10.1. The van der Waals surface area contributed by atoms with E-state index in [0.29, 0.717) is 24.2 Å². The second-order valence-electron chi connectivity index (χ2n) is 4.68. The van der Waals surface area contributed by atoms with Gasteiger partial charge in [-0.25, -0.2) is 0 Å². The fourth-order valence-electron chi connectivity index (χ4n) is 1.66. The molecule has 2 N–H and O–H groups in total. The monoisotopic (exact) mass is 277 g/mol. The number of aryl methyl sites for hydroxylation is 1. The van der Waals surface area contributed by atoms with Crippen LogP contribution in [-0.4, -0.2) is 22.4 Å². The highest BCUT2D eigenvalue weighted by atomic mass is 32.2. The van der Waals surface area contributed by atoms with E-state index in [2.05, 4.69) is 17.1 Å². The number of nitrogens with two attached hydrogens (primary N) is 1. The molecule has 19 heavy (non-hydrogen) atoms. The number of benzene rings is 1. The number of hydrogen-bond donors (Lipinski definition) is 1. The lowest BCUT2D eigenvalue weighted by Crippen LogP contribution is -2.12. The van der Waals surface area contributed by atoms with E-state index in [9.17, 15) is 0 Å². The molecule has 0 amide bonds. The predicted octanol–water partition coefficient (Wildman–Crippen LogP) is 2.87. The van der Waals surface area contributed by atoms with Gasteiger partial charge < -0.3 is 10.3 Å². The number of hydrogen-bond acceptors (Lipinski definition) is 5. The van der Waals surface area contributed by atoms with Crippen LogP contribution in [0.4, 0.5) is 0 Å². The molecule has 102 valence electrons. The van der Waals surface area contributed by atoms with Crippen molar-refractivity contribution in [1.29, 1.82) is 0 Å². The zero-order chi connectivity index (χ0) is 13.7. The van der Waals surface area contributed by atoms with Gasteiger partial charge in [-0.2, -0.15) is 16.7 Å². The molecule has 2 rings (SSSR count). The summed E-state index contributed by atoms with van der Waals surface area (Å²) in [4.78, 5) is 4.43. The van der Waals surface area contributed by atoms with Crippen LogP contribution in [0.2, 0.25) is 0 Å². The minimum atomic E-state index is 0.517. The maximum atomic E-state index is 5.58. The molecule has 0 bridgehead atoms. The Morgan fingerprint density at radius 1 is 1.37 bits per heavy atom. The summed E-state index contributed by atoms with van der Waals surface area (Å²) < 4.78 is 5.28. The van der Waals surface area contributed by atoms with Crippen LogP contribution < -0.4 is 5.73 Å². The third-order valence-electron chi connectivity index (χ3n) is 2.88. The molecule has 2 aromatic rings. The second kappa shape index (κ2) is 6.73. The zero-order valence-corrected chi connectivity index (χ0v) is 12.1. The van der Waals surface area contributed by atoms with Gasteiger partial charge in [-0.05, 0) is 30.7 Å². The SMILES string of the molecule is Cc1ccccc1-c1noc(CSCC(C)CN)n1.